The SMILES string of the molecule is CCOC(=O)C1=C(CN2CCN(C)CC2)NC(=O)N[C@@H]1c1cc(OC)c(OC)cc1OC. The molecule has 0 aromatic heterocycles. The standard InChI is InChI=1S/C22H32N4O6/c1-6-32-21(27)19-15(13-26-9-7-25(2)8-10-26)23-22(28)24-20(19)14-11-17(30-4)18(31-5)12-16(14)29-3/h11-12,20H,6-10,13H2,1-5H3,(H2,23,24,28)/t20-/m1/s1. The molecule has 0 bridgehead atoms. The monoisotopic (exact) mass is 448 g/mol. The summed E-state index contributed by atoms with van der Waals surface area (Å²) in [5, 5.41) is 5.68. The maximum absolute atomic E-state index is 13.1. The van der Waals surface area contributed by atoms with Crippen molar-refractivity contribution in [2.24, 2.45) is 0 Å². The molecule has 0 spiro atoms. The van der Waals surface area contributed by atoms with Gasteiger partial charge in [0, 0.05) is 50.1 Å². The maximum atomic E-state index is 13.1. The number of amides is 2. The predicted octanol–water partition coefficient (Wildman–Crippen LogP) is 1.13. The number of urea groups is 1. The summed E-state index contributed by atoms with van der Waals surface area (Å²) in [6.07, 6.45) is 0. The Morgan fingerprint density at radius 1 is 1.03 bits per heavy atom. The van der Waals surface area contributed by atoms with E-state index in [-0.39, 0.29) is 6.61 Å². The van der Waals surface area contributed by atoms with E-state index < -0.39 is 18.0 Å². The number of rotatable bonds is 8. The van der Waals surface area contributed by atoms with Crippen molar-refractivity contribution in [3.63, 3.8) is 0 Å². The number of methoxy groups -OCH3 is 3. The average Bonchev–Trinajstić information content (AvgIpc) is 2.79. The highest BCUT2D eigenvalue weighted by molar-refractivity contribution is 5.95. The topological polar surface area (TPSA) is 102 Å². The van der Waals surface area contributed by atoms with Crippen LogP contribution in [-0.4, -0.2) is 89.5 Å². The Kier molecular flexibility index (Phi) is 7.81. The van der Waals surface area contributed by atoms with Crippen LogP contribution >= 0.6 is 0 Å². The zero-order valence-electron chi connectivity index (χ0n) is 19.3. The average molecular weight is 449 g/mol. The van der Waals surface area contributed by atoms with E-state index in [0.29, 0.717) is 40.6 Å². The van der Waals surface area contributed by atoms with Crippen LogP contribution in [0.5, 0.6) is 17.2 Å². The van der Waals surface area contributed by atoms with Gasteiger partial charge in [-0.2, -0.15) is 0 Å². The number of carbonyl (C=O) groups excluding carboxylic acids is 2. The third-order valence-electron chi connectivity index (χ3n) is 5.67. The van der Waals surface area contributed by atoms with Crippen LogP contribution in [0.3, 0.4) is 0 Å². The molecule has 1 aromatic rings. The smallest absolute Gasteiger partial charge is 0.338 e. The van der Waals surface area contributed by atoms with Crippen LogP contribution in [-0.2, 0) is 9.53 Å². The molecule has 0 unspecified atom stereocenters. The predicted molar refractivity (Wildman–Crippen MR) is 118 cm³/mol. The number of ether oxygens (including phenoxy) is 4. The summed E-state index contributed by atoms with van der Waals surface area (Å²) >= 11 is 0. The molecule has 1 atom stereocenters. The Morgan fingerprint density at radius 3 is 2.25 bits per heavy atom. The molecule has 1 aromatic carbocycles. The molecule has 176 valence electrons. The lowest BCUT2D eigenvalue weighted by Crippen LogP contribution is -2.51. The van der Waals surface area contributed by atoms with Crippen LogP contribution in [0.4, 0.5) is 4.79 Å². The lowest BCUT2D eigenvalue weighted by Gasteiger charge is -2.36. The van der Waals surface area contributed by atoms with E-state index in [2.05, 4.69) is 27.5 Å². The number of carbonyl (C=O) groups is 2. The molecule has 2 aliphatic rings. The number of piperazine rings is 1. The summed E-state index contributed by atoms with van der Waals surface area (Å²) in [5.74, 6) is 0.897. The Balaban J connectivity index is 2.08. The van der Waals surface area contributed by atoms with Gasteiger partial charge in [-0.1, -0.05) is 0 Å². The Bertz CT molecular complexity index is 879. The zero-order chi connectivity index (χ0) is 23.3. The number of likely N-dealkylation sites (N-methyl/N-ethyl adjacent to an activating group) is 1. The van der Waals surface area contributed by atoms with Crippen LogP contribution in [0.25, 0.3) is 0 Å². The van der Waals surface area contributed by atoms with Gasteiger partial charge in [0.1, 0.15) is 5.75 Å². The van der Waals surface area contributed by atoms with E-state index in [9.17, 15) is 9.59 Å². The first-order valence-electron chi connectivity index (χ1n) is 10.6. The summed E-state index contributed by atoms with van der Waals surface area (Å²) in [7, 11) is 6.65. The second-order valence-corrected chi connectivity index (χ2v) is 7.67. The summed E-state index contributed by atoms with van der Waals surface area (Å²) in [6.45, 7) is 5.91. The molecule has 1 fully saturated rings. The van der Waals surface area contributed by atoms with Gasteiger partial charge >= 0.3 is 12.0 Å². The minimum Gasteiger partial charge on any atom is -0.496 e. The van der Waals surface area contributed by atoms with Crippen LogP contribution in [0, 0.1) is 0 Å². The van der Waals surface area contributed by atoms with Gasteiger partial charge in [-0.15, -0.1) is 0 Å². The number of nitrogens with one attached hydrogen (secondary N) is 2. The first kappa shape index (κ1) is 23.7. The lowest BCUT2D eigenvalue weighted by molar-refractivity contribution is -0.139. The third kappa shape index (κ3) is 5.08. The maximum Gasteiger partial charge on any atom is 0.338 e. The lowest BCUT2D eigenvalue weighted by atomic mass is 9.93. The Labute approximate surface area is 188 Å². The van der Waals surface area contributed by atoms with Gasteiger partial charge in [-0.25, -0.2) is 9.59 Å². The number of benzene rings is 1. The minimum absolute atomic E-state index is 0.216. The minimum atomic E-state index is -0.778. The largest absolute Gasteiger partial charge is 0.496 e. The van der Waals surface area contributed by atoms with E-state index in [1.807, 2.05) is 0 Å². The Morgan fingerprint density at radius 2 is 1.66 bits per heavy atom. The molecule has 0 radical (unpaired) electrons. The number of nitrogens with zero attached hydrogens (tertiary/aromatic N) is 2. The molecule has 32 heavy (non-hydrogen) atoms. The Hall–Kier alpha value is -2.98. The number of hydrogen-bond donors (Lipinski definition) is 2. The van der Waals surface area contributed by atoms with Crippen LogP contribution in [0.1, 0.15) is 18.5 Å². The molecule has 2 N–H and O–H groups in total. The highest BCUT2D eigenvalue weighted by Gasteiger charge is 2.36. The fourth-order valence-corrected chi connectivity index (χ4v) is 3.93. The van der Waals surface area contributed by atoms with Gasteiger partial charge < -0.3 is 34.5 Å². The van der Waals surface area contributed by atoms with Crippen LogP contribution in [0.15, 0.2) is 23.4 Å². The van der Waals surface area contributed by atoms with Crippen LogP contribution < -0.4 is 24.8 Å². The fourth-order valence-electron chi connectivity index (χ4n) is 3.93. The van der Waals surface area contributed by atoms with Gasteiger partial charge in [0.05, 0.1) is 39.6 Å². The summed E-state index contributed by atoms with van der Waals surface area (Å²) in [4.78, 5) is 30.2. The molecule has 2 heterocycles. The first-order valence-corrected chi connectivity index (χ1v) is 10.6. The van der Waals surface area contributed by atoms with Crippen molar-refractivity contribution in [2.75, 3.05) is 67.7 Å². The number of hydrogen-bond acceptors (Lipinski definition) is 8. The van der Waals surface area contributed by atoms with Crippen molar-refractivity contribution >= 4 is 12.0 Å². The van der Waals surface area contributed by atoms with E-state index >= 15 is 0 Å². The summed E-state index contributed by atoms with van der Waals surface area (Å²) in [5.41, 5.74) is 1.44. The first-order chi connectivity index (χ1) is 15.4. The highest BCUT2D eigenvalue weighted by atomic mass is 16.5. The molecule has 2 amide bonds. The summed E-state index contributed by atoms with van der Waals surface area (Å²) < 4.78 is 21.7. The van der Waals surface area contributed by atoms with E-state index in [4.69, 9.17) is 18.9 Å². The quantitative estimate of drug-likeness (QED) is 0.571. The molecule has 10 heteroatoms. The van der Waals surface area contributed by atoms with Gasteiger partial charge in [-0.3, -0.25) is 4.90 Å². The van der Waals surface area contributed by atoms with Gasteiger partial charge in [-0.05, 0) is 20.0 Å². The van der Waals surface area contributed by atoms with Gasteiger partial charge in [0.2, 0.25) is 0 Å². The second-order valence-electron chi connectivity index (χ2n) is 7.67. The molecule has 0 saturated carbocycles. The molecule has 10 nitrogen and oxygen atoms in total. The summed E-state index contributed by atoms with van der Waals surface area (Å²) in [6, 6.07) is 2.20. The van der Waals surface area contributed by atoms with Crippen molar-refractivity contribution in [1.29, 1.82) is 0 Å². The third-order valence-corrected chi connectivity index (χ3v) is 5.67. The normalized spacial score (nSPS) is 19.8. The highest BCUT2D eigenvalue weighted by Crippen LogP contribution is 2.41. The van der Waals surface area contributed by atoms with Crippen molar-refractivity contribution in [3.05, 3.63) is 29.0 Å². The fraction of sp³-hybridized carbons (Fsp3) is 0.545. The molecule has 1 saturated heterocycles. The van der Waals surface area contributed by atoms with Crippen molar-refractivity contribution in [3.8, 4) is 17.2 Å². The molecule has 3 rings (SSSR count). The van der Waals surface area contributed by atoms with Gasteiger partial charge in [0.15, 0.2) is 11.5 Å². The molecular formula is C22H32N4O6. The molecular weight excluding hydrogens is 416 g/mol. The van der Waals surface area contributed by atoms with E-state index in [0.717, 1.165) is 26.2 Å². The van der Waals surface area contributed by atoms with Crippen LogP contribution in [0.2, 0.25) is 0 Å². The van der Waals surface area contributed by atoms with Crippen molar-refractivity contribution in [2.45, 2.75) is 13.0 Å². The van der Waals surface area contributed by atoms with Crippen molar-refractivity contribution in [1.82, 2.24) is 20.4 Å². The molecule has 0 aliphatic carbocycles. The number of esters is 1. The van der Waals surface area contributed by atoms with E-state index in [1.165, 1.54) is 21.3 Å². The van der Waals surface area contributed by atoms with Gasteiger partial charge in [0.25, 0.3) is 0 Å². The van der Waals surface area contributed by atoms with Crippen molar-refractivity contribution < 1.29 is 28.5 Å². The van der Waals surface area contributed by atoms with E-state index in [1.54, 1.807) is 19.1 Å². The zero-order valence-corrected chi connectivity index (χ0v) is 19.3. The second kappa shape index (κ2) is 10.6. The molecule has 2 aliphatic heterocycles.